The van der Waals surface area contributed by atoms with E-state index < -0.39 is 0 Å². The van der Waals surface area contributed by atoms with Crippen LogP contribution in [0.25, 0.3) is 0 Å². The molecule has 2 amide bonds. The number of anilines is 1. The van der Waals surface area contributed by atoms with Gasteiger partial charge in [-0.1, -0.05) is 11.6 Å². The molecule has 1 aliphatic heterocycles. The summed E-state index contributed by atoms with van der Waals surface area (Å²) in [6.45, 7) is 3.28. The van der Waals surface area contributed by atoms with Gasteiger partial charge in [0, 0.05) is 32.9 Å². The van der Waals surface area contributed by atoms with Gasteiger partial charge in [0.15, 0.2) is 0 Å². The van der Waals surface area contributed by atoms with E-state index in [0.29, 0.717) is 18.7 Å². The quantitative estimate of drug-likeness (QED) is 0.862. The summed E-state index contributed by atoms with van der Waals surface area (Å²) in [6.07, 6.45) is 0. The summed E-state index contributed by atoms with van der Waals surface area (Å²) in [4.78, 5) is 27.4. The van der Waals surface area contributed by atoms with Gasteiger partial charge in [-0.25, -0.2) is 0 Å². The van der Waals surface area contributed by atoms with E-state index in [4.69, 9.17) is 0 Å². The van der Waals surface area contributed by atoms with Crippen molar-refractivity contribution >= 4 is 17.5 Å². The monoisotopic (exact) mass is 261 g/mol. The zero-order valence-electron chi connectivity index (χ0n) is 11.6. The fourth-order valence-corrected chi connectivity index (χ4v) is 2.16. The number of carbonyl (C=O) groups excluding carboxylic acids is 2. The third kappa shape index (κ3) is 2.70. The third-order valence-electron chi connectivity index (χ3n) is 3.42. The van der Waals surface area contributed by atoms with Crippen LogP contribution in [-0.2, 0) is 4.79 Å². The first-order valence-corrected chi connectivity index (χ1v) is 6.34. The van der Waals surface area contributed by atoms with Crippen molar-refractivity contribution in [3.05, 3.63) is 29.3 Å². The average molecular weight is 261 g/mol. The zero-order valence-corrected chi connectivity index (χ0v) is 11.6. The van der Waals surface area contributed by atoms with Gasteiger partial charge in [-0.05, 0) is 19.1 Å². The number of hydrogen-bond donors (Lipinski definition) is 1. The van der Waals surface area contributed by atoms with Crippen molar-refractivity contribution in [1.82, 2.24) is 9.80 Å². The van der Waals surface area contributed by atoms with Gasteiger partial charge in [-0.15, -0.1) is 0 Å². The Hall–Kier alpha value is -2.04. The highest BCUT2D eigenvalue weighted by atomic mass is 16.2. The lowest BCUT2D eigenvalue weighted by Crippen LogP contribution is -2.50. The lowest BCUT2D eigenvalue weighted by Gasteiger charge is -2.32. The number of rotatable bonds is 2. The second kappa shape index (κ2) is 5.30. The van der Waals surface area contributed by atoms with Crippen LogP contribution >= 0.6 is 0 Å². The summed E-state index contributed by atoms with van der Waals surface area (Å²) >= 11 is 0. The summed E-state index contributed by atoms with van der Waals surface area (Å²) in [6, 6.07) is 5.70. The van der Waals surface area contributed by atoms with Crippen LogP contribution in [0, 0.1) is 6.92 Å². The second-order valence-electron chi connectivity index (χ2n) is 4.84. The Balaban J connectivity index is 2.24. The minimum atomic E-state index is -0.0884. The van der Waals surface area contributed by atoms with Crippen LogP contribution in [0.5, 0.6) is 0 Å². The number of carbonyl (C=O) groups is 2. The smallest absolute Gasteiger partial charge is 0.256 e. The number of piperazine rings is 1. The van der Waals surface area contributed by atoms with Crippen molar-refractivity contribution in [2.24, 2.45) is 0 Å². The Bertz CT molecular complexity index is 513. The first kappa shape index (κ1) is 13.4. The molecule has 1 fully saturated rings. The van der Waals surface area contributed by atoms with Crippen LogP contribution in [0.4, 0.5) is 5.69 Å². The SMILES string of the molecule is CNc1ccc(C)cc1C(=O)N1CCN(C)C(=O)C1. The Morgan fingerprint density at radius 3 is 2.68 bits per heavy atom. The molecule has 0 spiro atoms. The summed E-state index contributed by atoms with van der Waals surface area (Å²) in [7, 11) is 3.55. The first-order chi connectivity index (χ1) is 9.02. The van der Waals surface area contributed by atoms with E-state index in [1.165, 1.54) is 0 Å². The summed E-state index contributed by atoms with van der Waals surface area (Å²) in [5.41, 5.74) is 2.45. The molecule has 0 saturated carbocycles. The van der Waals surface area contributed by atoms with Gasteiger partial charge in [-0.2, -0.15) is 0 Å². The van der Waals surface area contributed by atoms with E-state index in [9.17, 15) is 9.59 Å². The molecule has 2 rings (SSSR count). The van der Waals surface area contributed by atoms with Gasteiger partial charge in [0.05, 0.1) is 5.56 Å². The molecule has 1 aromatic rings. The molecule has 0 bridgehead atoms. The standard InChI is InChI=1S/C14H19N3O2/c1-10-4-5-12(15-2)11(8-10)14(19)17-7-6-16(3)13(18)9-17/h4-5,8,15H,6-7,9H2,1-3H3. The van der Waals surface area contributed by atoms with E-state index in [1.54, 1.807) is 23.9 Å². The molecule has 0 atom stereocenters. The highest BCUT2D eigenvalue weighted by Crippen LogP contribution is 2.19. The molecular weight excluding hydrogens is 242 g/mol. The minimum absolute atomic E-state index is 0.0155. The molecule has 1 heterocycles. The van der Waals surface area contributed by atoms with Gasteiger partial charge in [0.2, 0.25) is 5.91 Å². The Kier molecular flexibility index (Phi) is 3.74. The van der Waals surface area contributed by atoms with Crippen LogP contribution in [0.3, 0.4) is 0 Å². The normalized spacial score (nSPS) is 15.6. The van der Waals surface area contributed by atoms with Crippen LogP contribution in [0.1, 0.15) is 15.9 Å². The minimum Gasteiger partial charge on any atom is -0.387 e. The number of aryl methyl sites for hydroxylation is 1. The van der Waals surface area contributed by atoms with Crippen LogP contribution in [0.2, 0.25) is 0 Å². The van der Waals surface area contributed by atoms with Crippen molar-refractivity contribution in [1.29, 1.82) is 0 Å². The highest BCUT2D eigenvalue weighted by molar-refractivity contribution is 6.01. The summed E-state index contributed by atoms with van der Waals surface area (Å²) in [5.74, 6) is -0.104. The topological polar surface area (TPSA) is 52.7 Å². The predicted molar refractivity (Wildman–Crippen MR) is 74.3 cm³/mol. The molecule has 1 saturated heterocycles. The number of benzene rings is 1. The number of amides is 2. The van der Waals surface area contributed by atoms with Gasteiger partial charge >= 0.3 is 0 Å². The molecule has 1 aliphatic rings. The fraction of sp³-hybridized carbons (Fsp3) is 0.429. The van der Waals surface area contributed by atoms with E-state index in [1.807, 2.05) is 25.1 Å². The van der Waals surface area contributed by atoms with Crippen LogP contribution < -0.4 is 5.32 Å². The number of nitrogens with zero attached hydrogens (tertiary/aromatic N) is 2. The van der Waals surface area contributed by atoms with E-state index >= 15 is 0 Å². The molecule has 5 nitrogen and oxygen atoms in total. The Morgan fingerprint density at radius 1 is 1.32 bits per heavy atom. The van der Waals surface area contributed by atoms with Crippen LogP contribution in [-0.4, -0.2) is 55.3 Å². The highest BCUT2D eigenvalue weighted by Gasteiger charge is 2.26. The van der Waals surface area contributed by atoms with Gasteiger partial charge in [0.1, 0.15) is 6.54 Å². The average Bonchev–Trinajstić information content (AvgIpc) is 2.41. The summed E-state index contributed by atoms with van der Waals surface area (Å²) < 4.78 is 0. The number of nitrogens with one attached hydrogen (secondary N) is 1. The molecule has 0 aromatic heterocycles. The maximum absolute atomic E-state index is 12.5. The molecule has 0 unspecified atom stereocenters. The predicted octanol–water partition coefficient (Wildman–Crippen LogP) is 0.951. The Labute approximate surface area is 113 Å². The molecular formula is C14H19N3O2. The maximum atomic E-state index is 12.5. The molecule has 1 aromatic carbocycles. The van der Waals surface area contributed by atoms with Crippen molar-refractivity contribution in [3.63, 3.8) is 0 Å². The molecule has 1 N–H and O–H groups in total. The van der Waals surface area contributed by atoms with E-state index in [-0.39, 0.29) is 18.4 Å². The lowest BCUT2D eigenvalue weighted by molar-refractivity contribution is -0.133. The van der Waals surface area contributed by atoms with Gasteiger partial charge in [0.25, 0.3) is 5.91 Å². The molecule has 19 heavy (non-hydrogen) atoms. The van der Waals surface area contributed by atoms with Crippen LogP contribution in [0.15, 0.2) is 18.2 Å². The summed E-state index contributed by atoms with van der Waals surface area (Å²) in [5, 5.41) is 3.02. The fourth-order valence-electron chi connectivity index (χ4n) is 2.16. The van der Waals surface area contributed by atoms with E-state index in [0.717, 1.165) is 11.3 Å². The van der Waals surface area contributed by atoms with Gasteiger partial charge in [-0.3, -0.25) is 9.59 Å². The van der Waals surface area contributed by atoms with Gasteiger partial charge < -0.3 is 15.1 Å². The van der Waals surface area contributed by atoms with Crippen molar-refractivity contribution in [2.45, 2.75) is 6.92 Å². The number of hydrogen-bond acceptors (Lipinski definition) is 3. The maximum Gasteiger partial charge on any atom is 0.256 e. The van der Waals surface area contributed by atoms with Crippen molar-refractivity contribution in [3.8, 4) is 0 Å². The molecule has 102 valence electrons. The number of likely N-dealkylation sites (N-methyl/N-ethyl adjacent to an activating group) is 1. The van der Waals surface area contributed by atoms with Crippen molar-refractivity contribution in [2.75, 3.05) is 39.0 Å². The first-order valence-electron chi connectivity index (χ1n) is 6.34. The lowest BCUT2D eigenvalue weighted by atomic mass is 10.1. The second-order valence-corrected chi connectivity index (χ2v) is 4.84. The van der Waals surface area contributed by atoms with Crippen molar-refractivity contribution < 1.29 is 9.59 Å². The third-order valence-corrected chi connectivity index (χ3v) is 3.42. The van der Waals surface area contributed by atoms with E-state index in [2.05, 4.69) is 5.32 Å². The molecule has 0 radical (unpaired) electrons. The zero-order chi connectivity index (χ0) is 14.0. The largest absolute Gasteiger partial charge is 0.387 e. The Morgan fingerprint density at radius 2 is 2.05 bits per heavy atom. The molecule has 5 heteroatoms. The molecule has 0 aliphatic carbocycles.